The maximum Gasteiger partial charge on any atom is 0.0445 e. The molecule has 3 rings (SSSR count). The molecule has 0 N–H and O–H groups in total. The predicted molar refractivity (Wildman–Crippen MR) is 93.2 cm³/mol. The molecular weight excluding hydrogens is 306 g/mol. The molecule has 0 atom stereocenters. The van der Waals surface area contributed by atoms with Crippen molar-refractivity contribution >= 4 is 44.8 Å². The van der Waals surface area contributed by atoms with Gasteiger partial charge in [-0.25, -0.2) is 0 Å². The van der Waals surface area contributed by atoms with Crippen LogP contribution in [0.3, 0.4) is 0 Å². The Hall–Kier alpha value is -0.480. The Morgan fingerprint density at radius 2 is 2.30 bits per heavy atom. The number of thioether (sulfide) groups is 1. The third-order valence-corrected chi connectivity index (χ3v) is 6.43. The summed E-state index contributed by atoms with van der Waals surface area (Å²) >= 11 is 10.3. The quantitative estimate of drug-likeness (QED) is 0.578. The van der Waals surface area contributed by atoms with Crippen LogP contribution in [-0.2, 0) is 18.7 Å². The van der Waals surface area contributed by atoms with Crippen molar-refractivity contribution in [3.63, 3.8) is 0 Å². The van der Waals surface area contributed by atoms with E-state index in [1.54, 1.807) is 0 Å². The monoisotopic (exact) mass is 323 g/mol. The van der Waals surface area contributed by atoms with Gasteiger partial charge in [0.05, 0.1) is 0 Å². The molecule has 2 heterocycles. The van der Waals surface area contributed by atoms with Crippen molar-refractivity contribution in [3.05, 3.63) is 45.8 Å². The van der Waals surface area contributed by atoms with E-state index in [1.165, 1.54) is 26.1 Å². The summed E-state index contributed by atoms with van der Waals surface area (Å²) in [4.78, 5) is 3.91. The summed E-state index contributed by atoms with van der Waals surface area (Å²) in [6.07, 6.45) is 3.03. The number of hydrogen-bond acceptors (Lipinski definition) is 3. The largest absolute Gasteiger partial charge is 0.302 e. The summed E-state index contributed by atoms with van der Waals surface area (Å²) in [6.45, 7) is 5.92. The molecule has 4 heteroatoms. The van der Waals surface area contributed by atoms with Gasteiger partial charge in [-0.05, 0) is 36.7 Å². The van der Waals surface area contributed by atoms with Gasteiger partial charge in [-0.1, -0.05) is 17.7 Å². The van der Waals surface area contributed by atoms with Crippen LogP contribution in [0.4, 0.5) is 0 Å². The van der Waals surface area contributed by atoms with E-state index < -0.39 is 0 Å². The Morgan fingerprint density at radius 1 is 1.45 bits per heavy atom. The maximum absolute atomic E-state index is 6.43. The summed E-state index contributed by atoms with van der Waals surface area (Å²) in [6, 6.07) is 4.24. The smallest absolute Gasteiger partial charge is 0.0445 e. The molecule has 0 fully saturated rings. The summed E-state index contributed by atoms with van der Waals surface area (Å²) in [7, 11) is 2.20. The van der Waals surface area contributed by atoms with Crippen molar-refractivity contribution < 1.29 is 0 Å². The van der Waals surface area contributed by atoms with Gasteiger partial charge < -0.3 is 4.90 Å². The Labute approximate surface area is 133 Å². The first-order chi connectivity index (χ1) is 9.70. The Balaban J connectivity index is 2.10. The fraction of sp³-hybridized carbons (Fsp3) is 0.375. The third kappa shape index (κ3) is 2.64. The Morgan fingerprint density at radius 3 is 3.10 bits per heavy atom. The van der Waals surface area contributed by atoms with Crippen LogP contribution in [0.15, 0.2) is 24.8 Å². The van der Waals surface area contributed by atoms with E-state index in [2.05, 4.69) is 30.7 Å². The highest BCUT2D eigenvalue weighted by atomic mass is 35.5. The van der Waals surface area contributed by atoms with Crippen molar-refractivity contribution in [2.45, 2.75) is 18.7 Å². The van der Waals surface area contributed by atoms with Gasteiger partial charge in [-0.15, -0.1) is 17.9 Å². The zero-order valence-electron chi connectivity index (χ0n) is 11.6. The fourth-order valence-corrected chi connectivity index (χ4v) is 5.19. The zero-order chi connectivity index (χ0) is 14.1. The van der Waals surface area contributed by atoms with Crippen LogP contribution in [0.25, 0.3) is 10.1 Å². The zero-order valence-corrected chi connectivity index (χ0v) is 14.0. The second-order valence-electron chi connectivity index (χ2n) is 5.19. The number of nitrogens with zero attached hydrogens (tertiary/aromatic N) is 1. The molecule has 1 aromatic carbocycles. The lowest BCUT2D eigenvalue weighted by Crippen LogP contribution is -2.18. The SMILES string of the molecule is C=CCSCc1sc2ccc(Cl)c3c2c1CN(C)CC3. The second-order valence-corrected chi connectivity index (χ2v) is 7.77. The molecule has 0 saturated heterocycles. The molecule has 1 aromatic heterocycles. The van der Waals surface area contributed by atoms with E-state index in [1.807, 2.05) is 29.2 Å². The molecule has 1 aliphatic heterocycles. The number of likely N-dealkylation sites (N-methyl/N-ethyl adjacent to an activating group) is 1. The molecule has 0 saturated carbocycles. The summed E-state index contributed by atoms with van der Waals surface area (Å²) in [5.74, 6) is 2.09. The molecule has 0 bridgehead atoms. The molecule has 0 amide bonds. The lowest BCUT2D eigenvalue weighted by Gasteiger charge is -2.13. The van der Waals surface area contributed by atoms with Gasteiger partial charge >= 0.3 is 0 Å². The fourth-order valence-electron chi connectivity index (χ4n) is 2.77. The van der Waals surface area contributed by atoms with Crippen molar-refractivity contribution in [2.24, 2.45) is 0 Å². The number of rotatable bonds is 4. The van der Waals surface area contributed by atoms with Crippen LogP contribution in [0.5, 0.6) is 0 Å². The van der Waals surface area contributed by atoms with E-state index in [0.29, 0.717) is 0 Å². The average molecular weight is 324 g/mol. The highest BCUT2D eigenvalue weighted by Crippen LogP contribution is 2.40. The molecule has 1 nitrogen and oxygen atoms in total. The van der Waals surface area contributed by atoms with Gasteiger partial charge in [0, 0.05) is 44.6 Å². The van der Waals surface area contributed by atoms with Gasteiger partial charge in [0.2, 0.25) is 0 Å². The van der Waals surface area contributed by atoms with Crippen LogP contribution >= 0.6 is 34.7 Å². The van der Waals surface area contributed by atoms with Crippen LogP contribution in [0.2, 0.25) is 5.02 Å². The van der Waals surface area contributed by atoms with Crippen molar-refractivity contribution in [1.82, 2.24) is 4.90 Å². The van der Waals surface area contributed by atoms with E-state index in [0.717, 1.165) is 36.0 Å². The first-order valence-corrected chi connectivity index (χ1v) is 9.14. The maximum atomic E-state index is 6.43. The highest BCUT2D eigenvalue weighted by Gasteiger charge is 2.21. The summed E-state index contributed by atoms with van der Waals surface area (Å²) in [5, 5.41) is 2.36. The molecule has 0 radical (unpaired) electrons. The standard InChI is InChI=1S/C16H18ClNS2/c1-3-8-19-10-15-12-9-18(2)7-6-11-13(17)4-5-14(20-15)16(11)12/h3-5H,1,6-10H2,2H3. The van der Waals surface area contributed by atoms with E-state index in [4.69, 9.17) is 11.6 Å². The predicted octanol–water partition coefficient (Wildman–Crippen LogP) is 4.96. The van der Waals surface area contributed by atoms with Gasteiger partial charge in [0.1, 0.15) is 0 Å². The van der Waals surface area contributed by atoms with E-state index in [-0.39, 0.29) is 0 Å². The first kappa shape index (κ1) is 14.5. The number of hydrogen-bond donors (Lipinski definition) is 0. The summed E-state index contributed by atoms with van der Waals surface area (Å²) < 4.78 is 1.39. The number of benzene rings is 1. The van der Waals surface area contributed by atoms with Gasteiger partial charge in [-0.2, -0.15) is 11.8 Å². The second kappa shape index (κ2) is 6.10. The molecule has 106 valence electrons. The Bertz CT molecular complexity index is 647. The van der Waals surface area contributed by atoms with E-state index in [9.17, 15) is 0 Å². The minimum Gasteiger partial charge on any atom is -0.302 e. The minimum atomic E-state index is 0.928. The molecule has 0 unspecified atom stereocenters. The molecule has 2 aromatic rings. The summed E-state index contributed by atoms with van der Waals surface area (Å²) in [5.41, 5.74) is 2.85. The van der Waals surface area contributed by atoms with E-state index >= 15 is 0 Å². The molecule has 0 aliphatic carbocycles. The highest BCUT2D eigenvalue weighted by molar-refractivity contribution is 7.98. The molecule has 1 aliphatic rings. The van der Waals surface area contributed by atoms with Crippen molar-refractivity contribution in [2.75, 3.05) is 19.3 Å². The normalized spacial score (nSPS) is 15.5. The molecule has 0 spiro atoms. The third-order valence-electron chi connectivity index (χ3n) is 3.73. The van der Waals surface area contributed by atoms with Crippen LogP contribution < -0.4 is 0 Å². The van der Waals surface area contributed by atoms with Crippen molar-refractivity contribution in [3.8, 4) is 0 Å². The van der Waals surface area contributed by atoms with Crippen LogP contribution in [0, 0.1) is 0 Å². The Kier molecular flexibility index (Phi) is 4.41. The lowest BCUT2D eigenvalue weighted by atomic mass is 10.0. The van der Waals surface area contributed by atoms with Gasteiger partial charge in [-0.3, -0.25) is 0 Å². The van der Waals surface area contributed by atoms with Crippen LogP contribution in [-0.4, -0.2) is 24.2 Å². The molecular formula is C16H18ClNS2. The number of thiophene rings is 1. The minimum absolute atomic E-state index is 0.928. The topological polar surface area (TPSA) is 3.24 Å². The number of halogens is 1. The van der Waals surface area contributed by atoms with Crippen molar-refractivity contribution in [1.29, 1.82) is 0 Å². The lowest BCUT2D eigenvalue weighted by molar-refractivity contribution is 0.336. The van der Waals surface area contributed by atoms with Gasteiger partial charge in [0.15, 0.2) is 0 Å². The van der Waals surface area contributed by atoms with Gasteiger partial charge in [0.25, 0.3) is 0 Å². The molecule has 20 heavy (non-hydrogen) atoms. The first-order valence-electron chi connectivity index (χ1n) is 6.79. The van der Waals surface area contributed by atoms with Crippen LogP contribution in [0.1, 0.15) is 16.0 Å². The average Bonchev–Trinajstić information content (AvgIpc) is 2.65.